The van der Waals surface area contributed by atoms with Crippen molar-refractivity contribution in [1.29, 1.82) is 0 Å². The molecule has 4 aliphatic carbocycles. The third-order valence-corrected chi connectivity index (χ3v) is 11.1. The Morgan fingerprint density at radius 1 is 1.14 bits per heavy atom. The van der Waals surface area contributed by atoms with Gasteiger partial charge in [0.15, 0.2) is 5.78 Å². The number of carbonyl (C=O) groups excluding carboxylic acids is 3. The predicted molar refractivity (Wildman–Crippen MR) is 140 cm³/mol. The Labute approximate surface area is 222 Å². The lowest BCUT2D eigenvalue weighted by atomic mass is 9.42. The maximum absolute atomic E-state index is 14.7. The zero-order valence-corrected chi connectivity index (χ0v) is 23.9. The Kier molecular flexibility index (Phi) is 8.17. The Hall–Kier alpha value is -1.47. The average Bonchev–Trinajstić information content (AvgIpc) is 3.18. The van der Waals surface area contributed by atoms with Gasteiger partial charge in [0.05, 0.1) is 19.3 Å². The highest BCUT2D eigenvalue weighted by atomic mass is 16.5. The summed E-state index contributed by atoms with van der Waals surface area (Å²) in [6.07, 6.45) is 5.47. The minimum Gasteiger partial charge on any atom is -0.469 e. The lowest BCUT2D eigenvalue weighted by Crippen LogP contribution is -2.70. The predicted octanol–water partition coefficient (Wildman–Crippen LogP) is 4.29. The molecular formula is C30H49NO6. The number of ketones is 1. The van der Waals surface area contributed by atoms with Gasteiger partial charge in [0.2, 0.25) is 0 Å². The molecule has 0 heterocycles. The zero-order valence-electron chi connectivity index (χ0n) is 23.9. The van der Waals surface area contributed by atoms with Gasteiger partial charge in [0.25, 0.3) is 0 Å². The van der Waals surface area contributed by atoms with Crippen LogP contribution in [0.15, 0.2) is 0 Å². The van der Waals surface area contributed by atoms with E-state index in [1.807, 2.05) is 0 Å². The quantitative estimate of drug-likeness (QED) is 0.484. The fourth-order valence-corrected chi connectivity index (χ4v) is 9.51. The van der Waals surface area contributed by atoms with Crippen LogP contribution in [0.5, 0.6) is 0 Å². The van der Waals surface area contributed by atoms with Crippen molar-refractivity contribution in [2.75, 3.05) is 7.11 Å². The van der Waals surface area contributed by atoms with Crippen molar-refractivity contribution in [2.24, 2.45) is 46.3 Å². The number of fused-ring (bicyclic) bond motifs is 5. The van der Waals surface area contributed by atoms with Crippen molar-refractivity contribution < 1.29 is 29.0 Å². The second kappa shape index (κ2) is 10.6. The topological polar surface area (TPSA) is 102 Å². The Balaban J connectivity index is 1.77. The molecule has 7 heteroatoms. The number of ether oxygens (including phenoxy) is 2. The molecule has 4 saturated carbocycles. The first kappa shape index (κ1) is 28.5. The minimum atomic E-state index is -0.543. The molecule has 2 N–H and O–H groups in total. The fourth-order valence-electron chi connectivity index (χ4n) is 9.51. The molecule has 0 aliphatic heterocycles. The van der Waals surface area contributed by atoms with Crippen molar-refractivity contribution in [2.45, 2.75) is 117 Å². The summed E-state index contributed by atoms with van der Waals surface area (Å²) in [5.74, 6) is 0.702. The first-order chi connectivity index (χ1) is 17.3. The summed E-state index contributed by atoms with van der Waals surface area (Å²) in [6, 6.07) is -0.183. The molecule has 0 saturated heterocycles. The molecule has 7 nitrogen and oxygen atoms in total. The van der Waals surface area contributed by atoms with Gasteiger partial charge in [0, 0.05) is 30.7 Å². The van der Waals surface area contributed by atoms with Crippen molar-refractivity contribution in [1.82, 2.24) is 5.32 Å². The fraction of sp³-hybridized carbons (Fsp3) is 0.900. The van der Waals surface area contributed by atoms with Gasteiger partial charge >= 0.3 is 11.9 Å². The van der Waals surface area contributed by atoms with E-state index in [4.69, 9.17) is 9.47 Å². The number of aliphatic hydroxyl groups excluding tert-OH is 1. The van der Waals surface area contributed by atoms with E-state index in [1.54, 1.807) is 0 Å². The number of rotatable bonds is 7. The van der Waals surface area contributed by atoms with Gasteiger partial charge in [-0.3, -0.25) is 14.4 Å². The SMILES string of the molecule is COC(=O)CC[C@@H](C)C1CCC2C3C([C@H](NC(C)C)C(=O)[C@@]21C)[C@@]1(C)CC[C@@H](O)C[C@H]1C[C@H]3OC(C)=O. The van der Waals surface area contributed by atoms with Gasteiger partial charge < -0.3 is 19.9 Å². The van der Waals surface area contributed by atoms with Gasteiger partial charge in [-0.1, -0.05) is 34.6 Å². The van der Waals surface area contributed by atoms with Crippen molar-refractivity contribution in [3.8, 4) is 0 Å². The number of hydrogen-bond acceptors (Lipinski definition) is 7. The largest absolute Gasteiger partial charge is 0.469 e. The van der Waals surface area contributed by atoms with Crippen molar-refractivity contribution >= 4 is 17.7 Å². The molecule has 0 aromatic carbocycles. The molecule has 4 fully saturated rings. The van der Waals surface area contributed by atoms with E-state index in [0.717, 1.165) is 32.1 Å². The van der Waals surface area contributed by atoms with E-state index in [-0.39, 0.29) is 77.2 Å². The highest BCUT2D eigenvalue weighted by Gasteiger charge is 2.69. The Bertz CT molecular complexity index is 889. The first-order valence-corrected chi connectivity index (χ1v) is 14.6. The molecule has 11 atom stereocenters. The second-order valence-electron chi connectivity index (χ2n) is 13.4. The molecule has 37 heavy (non-hydrogen) atoms. The summed E-state index contributed by atoms with van der Waals surface area (Å²) < 4.78 is 11.0. The Morgan fingerprint density at radius 2 is 1.84 bits per heavy atom. The minimum absolute atomic E-state index is 0.0557. The summed E-state index contributed by atoms with van der Waals surface area (Å²) in [5, 5.41) is 14.3. The highest BCUT2D eigenvalue weighted by Crippen LogP contribution is 2.67. The van der Waals surface area contributed by atoms with Crippen LogP contribution in [0.25, 0.3) is 0 Å². The highest BCUT2D eigenvalue weighted by molar-refractivity contribution is 5.92. The van der Waals surface area contributed by atoms with Gasteiger partial charge in [-0.25, -0.2) is 0 Å². The molecule has 0 bridgehead atoms. The number of carbonyl (C=O) groups is 3. The van der Waals surface area contributed by atoms with E-state index in [2.05, 4.69) is 39.9 Å². The van der Waals surface area contributed by atoms with Crippen LogP contribution in [-0.2, 0) is 23.9 Å². The standard InChI is InChI=1S/C30H49NO6/c1-16(2)31-27-26-25(23(37-18(4)32)15-19-14-20(33)12-13-29(19,26)5)22-10-9-21(30(22,6)28(27)35)17(3)8-11-24(34)36-7/h16-17,19-23,25-27,31,33H,8-15H2,1-7H3/t17-,19+,20-,21?,22?,23-,25?,26?,27+,29+,30-/m1/s1. The lowest BCUT2D eigenvalue weighted by molar-refractivity contribution is -0.201. The molecule has 0 aromatic rings. The van der Waals surface area contributed by atoms with Crippen molar-refractivity contribution in [3.63, 3.8) is 0 Å². The Morgan fingerprint density at radius 3 is 2.46 bits per heavy atom. The van der Waals surface area contributed by atoms with Crippen LogP contribution < -0.4 is 5.32 Å². The van der Waals surface area contributed by atoms with E-state index in [9.17, 15) is 19.5 Å². The normalized spacial score (nSPS) is 44.0. The second-order valence-corrected chi connectivity index (χ2v) is 13.4. The van der Waals surface area contributed by atoms with Crippen LogP contribution in [0.1, 0.15) is 92.9 Å². The van der Waals surface area contributed by atoms with E-state index in [1.165, 1.54) is 14.0 Å². The van der Waals surface area contributed by atoms with Crippen LogP contribution in [0.3, 0.4) is 0 Å². The number of hydrogen-bond donors (Lipinski definition) is 2. The number of esters is 2. The monoisotopic (exact) mass is 519 g/mol. The summed E-state index contributed by atoms with van der Waals surface area (Å²) in [5.41, 5.74) is -0.641. The molecule has 4 aliphatic rings. The van der Waals surface area contributed by atoms with Gasteiger partial charge in [-0.15, -0.1) is 0 Å². The molecule has 4 rings (SSSR count). The maximum Gasteiger partial charge on any atom is 0.305 e. The molecule has 0 radical (unpaired) electrons. The van der Waals surface area contributed by atoms with Crippen molar-refractivity contribution in [3.05, 3.63) is 0 Å². The van der Waals surface area contributed by atoms with Crippen LogP contribution in [0.2, 0.25) is 0 Å². The average molecular weight is 520 g/mol. The van der Waals surface area contributed by atoms with Gasteiger partial charge in [-0.2, -0.15) is 0 Å². The number of methoxy groups -OCH3 is 1. The first-order valence-electron chi connectivity index (χ1n) is 14.6. The molecule has 4 unspecified atom stereocenters. The lowest BCUT2D eigenvalue weighted by Gasteiger charge is -2.64. The van der Waals surface area contributed by atoms with E-state index >= 15 is 0 Å². The van der Waals surface area contributed by atoms with E-state index < -0.39 is 5.41 Å². The molecule has 0 spiro atoms. The molecule has 0 amide bonds. The zero-order chi connectivity index (χ0) is 27.3. The van der Waals surface area contributed by atoms with Gasteiger partial charge in [-0.05, 0) is 80.0 Å². The molecule has 0 aromatic heterocycles. The van der Waals surface area contributed by atoms with Crippen LogP contribution in [0.4, 0.5) is 0 Å². The summed E-state index contributed by atoms with van der Waals surface area (Å²) in [6.45, 7) is 12.4. The third kappa shape index (κ3) is 4.88. The molecule has 210 valence electrons. The number of aliphatic hydroxyl groups is 1. The van der Waals surface area contributed by atoms with Crippen LogP contribution >= 0.6 is 0 Å². The van der Waals surface area contributed by atoms with Crippen LogP contribution in [0, 0.1) is 46.3 Å². The smallest absolute Gasteiger partial charge is 0.305 e. The van der Waals surface area contributed by atoms with E-state index in [0.29, 0.717) is 25.0 Å². The summed E-state index contributed by atoms with van der Waals surface area (Å²) in [7, 11) is 1.42. The summed E-state index contributed by atoms with van der Waals surface area (Å²) >= 11 is 0. The third-order valence-electron chi connectivity index (χ3n) is 11.1. The van der Waals surface area contributed by atoms with Crippen LogP contribution in [-0.4, -0.2) is 54.2 Å². The van der Waals surface area contributed by atoms with Gasteiger partial charge in [0.1, 0.15) is 6.10 Å². The number of nitrogens with one attached hydrogen (secondary N) is 1. The number of Topliss-reactive ketones (excluding diaryl/α,β-unsaturated/α-hetero) is 1. The summed E-state index contributed by atoms with van der Waals surface area (Å²) in [4.78, 5) is 39.0. The molecular weight excluding hydrogens is 470 g/mol. The maximum atomic E-state index is 14.7.